The Balaban J connectivity index is 2.91. The number of nitrogens with zero attached hydrogens (tertiary/aromatic N) is 2. The van der Waals surface area contributed by atoms with Gasteiger partial charge in [-0.25, -0.2) is 9.97 Å². The van der Waals surface area contributed by atoms with Gasteiger partial charge in [-0.3, -0.25) is 0 Å². The third kappa shape index (κ3) is 1.28. The second-order valence-corrected chi connectivity index (χ2v) is 1.73. The van der Waals surface area contributed by atoms with Crippen molar-refractivity contribution < 1.29 is 9.90 Å². The third-order valence-corrected chi connectivity index (χ3v) is 1.05. The van der Waals surface area contributed by atoms with Crippen molar-refractivity contribution >= 4 is 6.29 Å². The number of hydrogen-bond acceptors (Lipinski definition) is 4. The molecular weight excluding hydrogens is 132 g/mol. The van der Waals surface area contributed by atoms with Crippen LogP contribution < -0.4 is 0 Å². The van der Waals surface area contributed by atoms with Crippen LogP contribution in [-0.2, 0) is 11.2 Å². The Morgan fingerprint density at radius 3 is 3.10 bits per heavy atom. The van der Waals surface area contributed by atoms with Gasteiger partial charge in [0.05, 0.1) is 11.9 Å². The molecule has 0 radical (unpaired) electrons. The Kier molecular flexibility index (Phi) is 1.94. The zero-order valence-electron chi connectivity index (χ0n) is 5.19. The van der Waals surface area contributed by atoms with Gasteiger partial charge >= 0.3 is 0 Å². The number of rotatable bonds is 2. The highest BCUT2D eigenvalue weighted by Gasteiger charge is 1.98. The van der Waals surface area contributed by atoms with Crippen LogP contribution >= 0.6 is 0 Å². The van der Waals surface area contributed by atoms with Crippen molar-refractivity contribution in [3.8, 4) is 5.75 Å². The van der Waals surface area contributed by atoms with Crippen LogP contribution in [0.5, 0.6) is 5.75 Å². The molecule has 0 spiro atoms. The Morgan fingerprint density at radius 2 is 2.50 bits per heavy atom. The first-order valence-corrected chi connectivity index (χ1v) is 2.76. The lowest BCUT2D eigenvalue weighted by Crippen LogP contribution is -1.91. The second kappa shape index (κ2) is 2.91. The van der Waals surface area contributed by atoms with E-state index in [9.17, 15) is 4.79 Å². The monoisotopic (exact) mass is 138 g/mol. The van der Waals surface area contributed by atoms with Gasteiger partial charge in [0.2, 0.25) is 0 Å². The van der Waals surface area contributed by atoms with E-state index in [4.69, 9.17) is 5.11 Å². The molecule has 0 bridgehead atoms. The summed E-state index contributed by atoms with van der Waals surface area (Å²) < 4.78 is 0. The number of carbonyl (C=O) groups excluding carboxylic acids is 1. The number of carbonyl (C=O) groups is 1. The minimum absolute atomic E-state index is 0.0328. The molecule has 0 saturated heterocycles. The molecule has 1 heterocycles. The van der Waals surface area contributed by atoms with Crippen LogP contribution in [0.25, 0.3) is 0 Å². The molecule has 1 rings (SSSR count). The van der Waals surface area contributed by atoms with E-state index in [0.29, 0.717) is 12.0 Å². The third-order valence-electron chi connectivity index (χ3n) is 1.05. The Labute approximate surface area is 57.6 Å². The second-order valence-electron chi connectivity index (χ2n) is 1.73. The van der Waals surface area contributed by atoms with Gasteiger partial charge in [0, 0.05) is 6.42 Å². The standard InChI is InChI=1S/C6H6N2O2/c9-2-1-5-6(10)3-7-4-8-5/h2-4,10H,1H2. The maximum absolute atomic E-state index is 9.95. The van der Waals surface area contributed by atoms with Crippen LogP contribution in [0.15, 0.2) is 12.5 Å². The van der Waals surface area contributed by atoms with Crippen LogP contribution in [0.3, 0.4) is 0 Å². The summed E-state index contributed by atoms with van der Waals surface area (Å²) in [5.41, 5.74) is 0.366. The molecule has 1 aromatic heterocycles. The van der Waals surface area contributed by atoms with E-state index >= 15 is 0 Å². The molecule has 0 saturated carbocycles. The van der Waals surface area contributed by atoms with E-state index in [1.807, 2.05) is 0 Å². The average Bonchev–Trinajstić information content (AvgIpc) is 1.94. The van der Waals surface area contributed by atoms with Gasteiger partial charge in [-0.2, -0.15) is 0 Å². The number of hydrogen-bond donors (Lipinski definition) is 1. The molecule has 0 atom stereocenters. The SMILES string of the molecule is O=CCc1ncncc1O. The molecule has 0 aliphatic rings. The summed E-state index contributed by atoms with van der Waals surface area (Å²) >= 11 is 0. The molecule has 4 nitrogen and oxygen atoms in total. The quantitative estimate of drug-likeness (QED) is 0.581. The van der Waals surface area contributed by atoms with Crippen molar-refractivity contribution in [3.05, 3.63) is 18.2 Å². The van der Waals surface area contributed by atoms with Crippen molar-refractivity contribution in [2.75, 3.05) is 0 Å². The highest BCUT2D eigenvalue weighted by Crippen LogP contribution is 2.09. The fraction of sp³-hybridized carbons (Fsp3) is 0.167. The minimum Gasteiger partial charge on any atom is -0.504 e. The van der Waals surface area contributed by atoms with Gasteiger partial charge in [-0.1, -0.05) is 0 Å². The van der Waals surface area contributed by atoms with E-state index in [2.05, 4.69) is 9.97 Å². The van der Waals surface area contributed by atoms with Gasteiger partial charge in [0.15, 0.2) is 5.75 Å². The molecule has 1 N–H and O–H groups in total. The van der Waals surface area contributed by atoms with E-state index in [0.717, 1.165) is 0 Å². The number of aromatic nitrogens is 2. The Bertz CT molecular complexity index is 237. The highest BCUT2D eigenvalue weighted by molar-refractivity contribution is 5.55. The largest absolute Gasteiger partial charge is 0.504 e. The first-order valence-electron chi connectivity index (χ1n) is 2.76. The smallest absolute Gasteiger partial charge is 0.155 e. The predicted molar refractivity (Wildman–Crippen MR) is 33.5 cm³/mol. The number of aromatic hydroxyl groups is 1. The lowest BCUT2D eigenvalue weighted by atomic mass is 10.3. The van der Waals surface area contributed by atoms with Crippen LogP contribution in [0.4, 0.5) is 0 Å². The molecule has 0 fully saturated rings. The summed E-state index contributed by atoms with van der Waals surface area (Å²) in [5.74, 6) is -0.0328. The zero-order chi connectivity index (χ0) is 7.40. The van der Waals surface area contributed by atoms with Crippen molar-refractivity contribution in [2.45, 2.75) is 6.42 Å². The average molecular weight is 138 g/mol. The minimum atomic E-state index is -0.0328. The summed E-state index contributed by atoms with van der Waals surface area (Å²) in [6.07, 6.45) is 3.36. The molecule has 0 aliphatic carbocycles. The first kappa shape index (κ1) is 6.67. The Hall–Kier alpha value is -1.45. The summed E-state index contributed by atoms with van der Waals surface area (Å²) in [6, 6.07) is 0. The molecule has 10 heavy (non-hydrogen) atoms. The summed E-state index contributed by atoms with van der Waals surface area (Å²) in [7, 11) is 0. The molecule has 0 aromatic carbocycles. The van der Waals surface area contributed by atoms with Gasteiger partial charge in [0.25, 0.3) is 0 Å². The topological polar surface area (TPSA) is 63.1 Å². The van der Waals surface area contributed by atoms with Gasteiger partial charge in [-0.15, -0.1) is 0 Å². The molecular formula is C6H6N2O2. The van der Waals surface area contributed by atoms with Crippen molar-refractivity contribution in [3.63, 3.8) is 0 Å². The van der Waals surface area contributed by atoms with E-state index in [-0.39, 0.29) is 12.2 Å². The van der Waals surface area contributed by atoms with Crippen LogP contribution in [0.2, 0.25) is 0 Å². The highest BCUT2D eigenvalue weighted by atomic mass is 16.3. The molecule has 52 valence electrons. The molecule has 1 aromatic rings. The van der Waals surface area contributed by atoms with Gasteiger partial charge in [-0.05, 0) is 0 Å². The van der Waals surface area contributed by atoms with Gasteiger partial charge in [0.1, 0.15) is 12.6 Å². The molecule has 4 heteroatoms. The fourth-order valence-electron chi connectivity index (χ4n) is 0.584. The lowest BCUT2D eigenvalue weighted by Gasteiger charge is -1.94. The van der Waals surface area contributed by atoms with Crippen molar-refractivity contribution in [2.24, 2.45) is 0 Å². The number of aldehydes is 1. The van der Waals surface area contributed by atoms with Crippen LogP contribution in [0, 0.1) is 0 Å². The lowest BCUT2D eigenvalue weighted by molar-refractivity contribution is -0.107. The van der Waals surface area contributed by atoms with Crippen LogP contribution in [0.1, 0.15) is 5.69 Å². The van der Waals surface area contributed by atoms with Gasteiger partial charge < -0.3 is 9.90 Å². The first-order chi connectivity index (χ1) is 4.84. The predicted octanol–water partition coefficient (Wildman–Crippen LogP) is -0.0764. The van der Waals surface area contributed by atoms with E-state index < -0.39 is 0 Å². The zero-order valence-corrected chi connectivity index (χ0v) is 5.19. The molecule has 0 unspecified atom stereocenters. The Morgan fingerprint density at radius 1 is 1.70 bits per heavy atom. The van der Waals surface area contributed by atoms with Crippen molar-refractivity contribution in [1.29, 1.82) is 0 Å². The molecule has 0 amide bonds. The summed E-state index contributed by atoms with van der Waals surface area (Å²) in [4.78, 5) is 17.2. The normalized spacial score (nSPS) is 9.20. The van der Waals surface area contributed by atoms with E-state index in [1.165, 1.54) is 12.5 Å². The van der Waals surface area contributed by atoms with Crippen LogP contribution in [-0.4, -0.2) is 21.4 Å². The fourth-order valence-corrected chi connectivity index (χ4v) is 0.584. The maximum Gasteiger partial charge on any atom is 0.155 e. The molecule has 0 aliphatic heterocycles. The van der Waals surface area contributed by atoms with E-state index in [1.54, 1.807) is 0 Å². The summed E-state index contributed by atoms with van der Waals surface area (Å²) in [5, 5.41) is 8.96. The maximum atomic E-state index is 9.95. The van der Waals surface area contributed by atoms with Crippen molar-refractivity contribution in [1.82, 2.24) is 9.97 Å². The summed E-state index contributed by atoms with van der Waals surface area (Å²) in [6.45, 7) is 0.